The minimum Gasteiger partial charge on any atom is -0.329 e. The zero-order valence-electron chi connectivity index (χ0n) is 14.4. The highest BCUT2D eigenvalue weighted by Crippen LogP contribution is 2.26. The van der Waals surface area contributed by atoms with Crippen LogP contribution in [0.25, 0.3) is 0 Å². The number of aromatic nitrogens is 2. The van der Waals surface area contributed by atoms with Gasteiger partial charge < -0.3 is 9.47 Å². The smallest absolute Gasteiger partial charge is 0.240 e. The standard InChI is InChI=1S/C20H21N3OS/c1-16(25-20-21-13-14-22(20)2)19(24)23(18-11-7-4-8-12-18)15-17-9-5-3-6-10-17/h3-14,16H,15H2,1-2H3. The van der Waals surface area contributed by atoms with Crippen molar-refractivity contribution in [3.63, 3.8) is 0 Å². The fourth-order valence-electron chi connectivity index (χ4n) is 2.56. The molecule has 0 aliphatic carbocycles. The minimum atomic E-state index is -0.231. The fourth-order valence-corrected chi connectivity index (χ4v) is 3.46. The second kappa shape index (κ2) is 8.03. The Bertz CT molecular complexity index is 817. The van der Waals surface area contributed by atoms with Crippen molar-refractivity contribution in [3.05, 3.63) is 78.6 Å². The third-order valence-electron chi connectivity index (χ3n) is 3.92. The number of thioether (sulfide) groups is 1. The van der Waals surface area contributed by atoms with E-state index in [2.05, 4.69) is 4.98 Å². The summed E-state index contributed by atoms with van der Waals surface area (Å²) in [5, 5.41) is 0.610. The molecule has 0 spiro atoms. The average molecular weight is 351 g/mol. The van der Waals surface area contributed by atoms with E-state index in [1.54, 1.807) is 6.20 Å². The van der Waals surface area contributed by atoms with Crippen molar-refractivity contribution in [2.45, 2.75) is 23.9 Å². The summed E-state index contributed by atoms with van der Waals surface area (Å²) in [5.41, 5.74) is 2.01. The molecule has 1 atom stereocenters. The second-order valence-electron chi connectivity index (χ2n) is 5.83. The van der Waals surface area contributed by atoms with Crippen molar-refractivity contribution in [1.29, 1.82) is 0 Å². The van der Waals surface area contributed by atoms with E-state index in [9.17, 15) is 4.79 Å². The second-order valence-corrected chi connectivity index (χ2v) is 7.13. The van der Waals surface area contributed by atoms with E-state index in [4.69, 9.17) is 0 Å². The SMILES string of the molecule is CC(Sc1nccn1C)C(=O)N(Cc1ccccc1)c1ccccc1. The first-order chi connectivity index (χ1) is 12.1. The highest BCUT2D eigenvalue weighted by Gasteiger charge is 2.24. The molecule has 0 radical (unpaired) electrons. The van der Waals surface area contributed by atoms with Gasteiger partial charge in [0.2, 0.25) is 5.91 Å². The number of anilines is 1. The predicted molar refractivity (Wildman–Crippen MR) is 103 cm³/mol. The van der Waals surface area contributed by atoms with Crippen LogP contribution in [-0.2, 0) is 18.4 Å². The fraction of sp³-hybridized carbons (Fsp3) is 0.200. The summed E-state index contributed by atoms with van der Waals surface area (Å²) in [6.45, 7) is 2.48. The van der Waals surface area contributed by atoms with Crippen molar-refractivity contribution >= 4 is 23.4 Å². The number of para-hydroxylation sites is 1. The van der Waals surface area contributed by atoms with Crippen LogP contribution in [0.15, 0.2) is 78.2 Å². The molecule has 4 nitrogen and oxygen atoms in total. The van der Waals surface area contributed by atoms with Crippen LogP contribution in [0.3, 0.4) is 0 Å². The Morgan fingerprint density at radius 3 is 2.36 bits per heavy atom. The van der Waals surface area contributed by atoms with Crippen LogP contribution < -0.4 is 4.90 Å². The number of hydrogen-bond donors (Lipinski definition) is 0. The maximum atomic E-state index is 13.2. The summed E-state index contributed by atoms with van der Waals surface area (Å²) in [6, 6.07) is 19.9. The molecular weight excluding hydrogens is 330 g/mol. The van der Waals surface area contributed by atoms with Gasteiger partial charge in [-0.05, 0) is 24.6 Å². The van der Waals surface area contributed by atoms with Gasteiger partial charge in [0.25, 0.3) is 0 Å². The van der Waals surface area contributed by atoms with E-state index in [-0.39, 0.29) is 11.2 Å². The van der Waals surface area contributed by atoms with Gasteiger partial charge in [0.1, 0.15) is 0 Å². The van der Waals surface area contributed by atoms with Gasteiger partial charge in [-0.1, -0.05) is 60.3 Å². The van der Waals surface area contributed by atoms with Crippen molar-refractivity contribution in [2.24, 2.45) is 7.05 Å². The third kappa shape index (κ3) is 4.31. The molecule has 0 aliphatic rings. The van der Waals surface area contributed by atoms with Crippen molar-refractivity contribution in [1.82, 2.24) is 9.55 Å². The summed E-state index contributed by atoms with van der Waals surface area (Å²) in [6.07, 6.45) is 3.64. The molecular formula is C20H21N3OS. The molecule has 1 unspecified atom stereocenters. The Kier molecular flexibility index (Phi) is 5.56. The van der Waals surface area contributed by atoms with Crippen LogP contribution in [0.1, 0.15) is 12.5 Å². The number of imidazole rings is 1. The molecule has 0 bridgehead atoms. The molecule has 0 N–H and O–H groups in total. The number of aryl methyl sites for hydroxylation is 1. The Balaban J connectivity index is 1.83. The molecule has 2 aromatic carbocycles. The zero-order valence-corrected chi connectivity index (χ0v) is 15.2. The van der Waals surface area contributed by atoms with Gasteiger partial charge in [-0.2, -0.15) is 0 Å². The third-order valence-corrected chi connectivity index (χ3v) is 5.08. The molecule has 0 saturated carbocycles. The summed E-state index contributed by atoms with van der Waals surface area (Å²) in [5.74, 6) is 0.0723. The van der Waals surface area contributed by atoms with E-state index < -0.39 is 0 Å². The van der Waals surface area contributed by atoms with Gasteiger partial charge in [0.15, 0.2) is 5.16 Å². The molecule has 128 valence electrons. The zero-order chi connectivity index (χ0) is 17.6. The van der Waals surface area contributed by atoms with E-state index >= 15 is 0 Å². The summed E-state index contributed by atoms with van der Waals surface area (Å²) >= 11 is 1.48. The van der Waals surface area contributed by atoms with Crippen LogP contribution in [0.5, 0.6) is 0 Å². The Labute approximate surface area is 152 Å². The molecule has 0 aliphatic heterocycles. The number of amides is 1. The van der Waals surface area contributed by atoms with E-state index in [0.29, 0.717) is 6.54 Å². The first-order valence-corrected chi connectivity index (χ1v) is 9.07. The number of rotatable bonds is 6. The molecule has 0 saturated heterocycles. The highest BCUT2D eigenvalue weighted by molar-refractivity contribution is 8.00. The lowest BCUT2D eigenvalue weighted by molar-refractivity contribution is -0.118. The Morgan fingerprint density at radius 1 is 1.12 bits per heavy atom. The minimum absolute atomic E-state index is 0.0723. The number of carbonyl (C=O) groups excluding carboxylic acids is 1. The summed E-state index contributed by atoms with van der Waals surface area (Å²) in [4.78, 5) is 19.3. The summed E-state index contributed by atoms with van der Waals surface area (Å²) in [7, 11) is 1.94. The molecule has 1 heterocycles. The van der Waals surface area contributed by atoms with Crippen LogP contribution >= 0.6 is 11.8 Å². The van der Waals surface area contributed by atoms with Gasteiger partial charge in [-0.3, -0.25) is 4.79 Å². The molecule has 3 rings (SSSR count). The van der Waals surface area contributed by atoms with E-state index in [0.717, 1.165) is 16.4 Å². The topological polar surface area (TPSA) is 38.1 Å². The first-order valence-electron chi connectivity index (χ1n) is 8.19. The molecule has 1 amide bonds. The van der Waals surface area contributed by atoms with Crippen molar-refractivity contribution in [3.8, 4) is 0 Å². The summed E-state index contributed by atoms with van der Waals surface area (Å²) < 4.78 is 1.93. The average Bonchev–Trinajstić information content (AvgIpc) is 3.05. The Morgan fingerprint density at radius 2 is 1.76 bits per heavy atom. The lowest BCUT2D eigenvalue weighted by Gasteiger charge is -2.26. The number of carbonyl (C=O) groups is 1. The molecule has 5 heteroatoms. The maximum Gasteiger partial charge on any atom is 0.240 e. The van der Waals surface area contributed by atoms with Crippen LogP contribution in [0.4, 0.5) is 5.69 Å². The Hall–Kier alpha value is -2.53. The number of nitrogens with zero attached hydrogens (tertiary/aromatic N) is 3. The highest BCUT2D eigenvalue weighted by atomic mass is 32.2. The number of hydrogen-bond acceptors (Lipinski definition) is 3. The van der Waals surface area contributed by atoms with Gasteiger partial charge >= 0.3 is 0 Å². The molecule has 25 heavy (non-hydrogen) atoms. The van der Waals surface area contributed by atoms with Crippen molar-refractivity contribution < 1.29 is 4.79 Å². The van der Waals surface area contributed by atoms with Gasteiger partial charge in [-0.25, -0.2) is 4.98 Å². The monoisotopic (exact) mass is 351 g/mol. The van der Waals surface area contributed by atoms with E-state index in [1.165, 1.54) is 11.8 Å². The lowest BCUT2D eigenvalue weighted by Crippen LogP contribution is -2.36. The predicted octanol–water partition coefficient (Wildman–Crippen LogP) is 4.13. The first kappa shape index (κ1) is 17.3. The molecule has 3 aromatic rings. The van der Waals surface area contributed by atoms with Gasteiger partial charge in [-0.15, -0.1) is 0 Å². The maximum absolute atomic E-state index is 13.2. The van der Waals surface area contributed by atoms with Crippen LogP contribution in [0, 0.1) is 0 Å². The van der Waals surface area contributed by atoms with E-state index in [1.807, 2.05) is 90.3 Å². The molecule has 0 fully saturated rings. The number of benzene rings is 2. The lowest BCUT2D eigenvalue weighted by atomic mass is 10.2. The van der Waals surface area contributed by atoms with Crippen molar-refractivity contribution in [2.75, 3.05) is 4.90 Å². The largest absolute Gasteiger partial charge is 0.329 e. The molecule has 1 aromatic heterocycles. The normalized spacial score (nSPS) is 11.9. The quantitative estimate of drug-likeness (QED) is 0.627. The van der Waals surface area contributed by atoms with Crippen LogP contribution in [0.2, 0.25) is 0 Å². The van der Waals surface area contributed by atoms with Gasteiger partial charge in [0.05, 0.1) is 11.8 Å². The van der Waals surface area contributed by atoms with Crippen LogP contribution in [-0.4, -0.2) is 20.7 Å². The van der Waals surface area contributed by atoms with Gasteiger partial charge in [0, 0.05) is 25.1 Å².